The molecule has 1 saturated carbocycles. The molecule has 6 nitrogen and oxygen atoms in total. The molecule has 0 saturated heterocycles. The van der Waals surface area contributed by atoms with Gasteiger partial charge in [0, 0.05) is 24.8 Å². The third-order valence-electron chi connectivity index (χ3n) is 3.86. The Bertz CT molecular complexity index is 499. The first-order valence-corrected chi connectivity index (χ1v) is 7.75. The van der Waals surface area contributed by atoms with Gasteiger partial charge in [0.05, 0.1) is 12.1 Å². The predicted octanol–water partition coefficient (Wildman–Crippen LogP) is 1.81. The van der Waals surface area contributed by atoms with Gasteiger partial charge < -0.3 is 21.5 Å². The lowest BCUT2D eigenvalue weighted by atomic mass is 10.1. The summed E-state index contributed by atoms with van der Waals surface area (Å²) in [5.41, 5.74) is 5.11. The van der Waals surface area contributed by atoms with Gasteiger partial charge in [0.15, 0.2) is 0 Å². The van der Waals surface area contributed by atoms with Crippen LogP contribution in [0.5, 0.6) is 0 Å². The Kier molecular flexibility index (Phi) is 5.18. The summed E-state index contributed by atoms with van der Waals surface area (Å²) < 4.78 is 13.4. The molecule has 0 aromatic carbocycles. The van der Waals surface area contributed by atoms with E-state index in [0.29, 0.717) is 37.7 Å². The third kappa shape index (κ3) is 4.78. The van der Waals surface area contributed by atoms with E-state index >= 15 is 0 Å². The lowest BCUT2D eigenvalue weighted by molar-refractivity contribution is 0.199. The number of nitrogens with zero attached hydrogens (tertiary/aromatic N) is 2. The van der Waals surface area contributed by atoms with Crippen molar-refractivity contribution < 1.29 is 9.50 Å². The standard InChI is InChI=1S/C15H26FN5O/c1-14(2,16)4-3-7-18-13-19-9-11(8-17)12(20-13)21-15(10-22)5-6-15/h9,22H,3-8,10,17H2,1-2H3,(H2,18,19,20,21). The summed E-state index contributed by atoms with van der Waals surface area (Å²) >= 11 is 0. The van der Waals surface area contributed by atoms with Crippen LogP contribution in [-0.4, -0.2) is 39.4 Å². The number of rotatable bonds is 9. The fraction of sp³-hybridized carbons (Fsp3) is 0.733. The number of halogens is 1. The second-order valence-corrected chi connectivity index (χ2v) is 6.58. The molecule has 0 radical (unpaired) electrons. The predicted molar refractivity (Wildman–Crippen MR) is 85.5 cm³/mol. The van der Waals surface area contributed by atoms with E-state index in [1.54, 1.807) is 20.0 Å². The average Bonchev–Trinajstić information content (AvgIpc) is 3.23. The molecule has 2 rings (SSSR count). The van der Waals surface area contributed by atoms with Crippen molar-refractivity contribution in [2.45, 2.75) is 57.3 Å². The number of aromatic nitrogens is 2. The van der Waals surface area contributed by atoms with Crippen LogP contribution in [0.15, 0.2) is 6.20 Å². The maximum absolute atomic E-state index is 13.4. The minimum atomic E-state index is -1.15. The van der Waals surface area contributed by atoms with Crippen molar-refractivity contribution >= 4 is 11.8 Å². The van der Waals surface area contributed by atoms with E-state index in [-0.39, 0.29) is 12.1 Å². The van der Waals surface area contributed by atoms with Crippen LogP contribution in [0.2, 0.25) is 0 Å². The Morgan fingerprint density at radius 2 is 2.18 bits per heavy atom. The maximum Gasteiger partial charge on any atom is 0.224 e. The zero-order valence-electron chi connectivity index (χ0n) is 13.3. The molecule has 1 heterocycles. The van der Waals surface area contributed by atoms with Crippen LogP contribution in [0.1, 0.15) is 45.1 Å². The van der Waals surface area contributed by atoms with Gasteiger partial charge in [-0.1, -0.05) is 0 Å². The van der Waals surface area contributed by atoms with Crippen molar-refractivity contribution in [3.05, 3.63) is 11.8 Å². The minimum Gasteiger partial charge on any atom is -0.394 e. The number of nitrogens with one attached hydrogen (secondary N) is 2. The highest BCUT2D eigenvalue weighted by molar-refractivity contribution is 5.50. The Morgan fingerprint density at radius 1 is 1.45 bits per heavy atom. The highest BCUT2D eigenvalue weighted by Crippen LogP contribution is 2.38. The van der Waals surface area contributed by atoms with Crippen LogP contribution in [0, 0.1) is 0 Å². The molecule has 0 spiro atoms. The number of aliphatic hydroxyl groups is 1. The highest BCUT2D eigenvalue weighted by Gasteiger charge is 2.42. The molecular formula is C15H26FN5O. The molecule has 124 valence electrons. The van der Waals surface area contributed by atoms with Gasteiger partial charge in [-0.15, -0.1) is 0 Å². The second kappa shape index (κ2) is 6.75. The maximum atomic E-state index is 13.4. The van der Waals surface area contributed by atoms with Crippen LogP contribution < -0.4 is 16.4 Å². The first-order chi connectivity index (χ1) is 10.4. The Morgan fingerprint density at radius 3 is 2.73 bits per heavy atom. The van der Waals surface area contributed by atoms with Gasteiger partial charge in [-0.05, 0) is 39.5 Å². The summed E-state index contributed by atoms with van der Waals surface area (Å²) in [6, 6.07) is 0. The van der Waals surface area contributed by atoms with Gasteiger partial charge in [0.1, 0.15) is 11.5 Å². The molecule has 1 fully saturated rings. The number of alkyl halides is 1. The molecule has 0 amide bonds. The van der Waals surface area contributed by atoms with Crippen molar-refractivity contribution in [2.24, 2.45) is 5.73 Å². The van der Waals surface area contributed by atoms with E-state index in [2.05, 4.69) is 20.6 Å². The zero-order valence-corrected chi connectivity index (χ0v) is 13.3. The van der Waals surface area contributed by atoms with Crippen LogP contribution in [0.4, 0.5) is 16.2 Å². The largest absolute Gasteiger partial charge is 0.394 e. The Balaban J connectivity index is 1.95. The van der Waals surface area contributed by atoms with Crippen molar-refractivity contribution in [3.8, 4) is 0 Å². The molecule has 5 N–H and O–H groups in total. The average molecular weight is 311 g/mol. The van der Waals surface area contributed by atoms with E-state index in [4.69, 9.17) is 5.73 Å². The monoisotopic (exact) mass is 311 g/mol. The summed E-state index contributed by atoms with van der Waals surface area (Å²) in [5.74, 6) is 1.16. The zero-order chi connectivity index (χ0) is 16.2. The van der Waals surface area contributed by atoms with Gasteiger partial charge in [-0.3, -0.25) is 0 Å². The lowest BCUT2D eigenvalue weighted by Crippen LogP contribution is -2.27. The molecule has 1 aromatic heterocycles. The molecular weight excluding hydrogens is 285 g/mol. The number of nitrogens with two attached hydrogens (primary N) is 1. The van der Waals surface area contributed by atoms with Crippen LogP contribution in [0.3, 0.4) is 0 Å². The highest BCUT2D eigenvalue weighted by atomic mass is 19.1. The molecule has 22 heavy (non-hydrogen) atoms. The fourth-order valence-electron chi connectivity index (χ4n) is 2.18. The van der Waals surface area contributed by atoms with Crippen LogP contribution in [-0.2, 0) is 6.54 Å². The molecule has 1 aliphatic carbocycles. The topological polar surface area (TPSA) is 96.1 Å². The van der Waals surface area contributed by atoms with Crippen molar-refractivity contribution in [1.29, 1.82) is 0 Å². The van der Waals surface area contributed by atoms with E-state index in [0.717, 1.165) is 18.4 Å². The summed E-state index contributed by atoms with van der Waals surface area (Å²) in [6.07, 6.45) is 4.72. The van der Waals surface area contributed by atoms with E-state index < -0.39 is 5.67 Å². The molecule has 0 bridgehead atoms. The van der Waals surface area contributed by atoms with Gasteiger partial charge in [-0.25, -0.2) is 9.37 Å². The minimum absolute atomic E-state index is 0.0787. The summed E-state index contributed by atoms with van der Waals surface area (Å²) in [4.78, 5) is 8.65. The molecule has 1 aliphatic rings. The summed E-state index contributed by atoms with van der Waals surface area (Å²) in [6.45, 7) is 4.17. The Hall–Kier alpha value is -1.47. The van der Waals surface area contributed by atoms with Crippen LogP contribution >= 0.6 is 0 Å². The van der Waals surface area contributed by atoms with Crippen molar-refractivity contribution in [2.75, 3.05) is 23.8 Å². The Labute approximate surface area is 130 Å². The summed E-state index contributed by atoms with van der Waals surface area (Å²) in [7, 11) is 0. The SMILES string of the molecule is CC(C)(F)CCCNc1ncc(CN)c(NC2(CO)CC2)n1. The van der Waals surface area contributed by atoms with Gasteiger partial charge >= 0.3 is 0 Å². The number of aliphatic hydroxyl groups excluding tert-OH is 1. The lowest BCUT2D eigenvalue weighted by Gasteiger charge is -2.18. The molecule has 7 heteroatoms. The first kappa shape index (κ1) is 16.9. The molecule has 0 atom stereocenters. The van der Waals surface area contributed by atoms with Crippen LogP contribution in [0.25, 0.3) is 0 Å². The molecule has 0 unspecified atom stereocenters. The number of hydrogen-bond donors (Lipinski definition) is 4. The van der Waals surface area contributed by atoms with E-state index in [1.807, 2.05) is 0 Å². The van der Waals surface area contributed by atoms with E-state index in [1.165, 1.54) is 0 Å². The van der Waals surface area contributed by atoms with Gasteiger partial charge in [0.2, 0.25) is 5.95 Å². The number of anilines is 2. The smallest absolute Gasteiger partial charge is 0.224 e. The van der Waals surface area contributed by atoms with Crippen molar-refractivity contribution in [3.63, 3.8) is 0 Å². The van der Waals surface area contributed by atoms with Crippen molar-refractivity contribution in [1.82, 2.24) is 9.97 Å². The van der Waals surface area contributed by atoms with Gasteiger partial charge in [0.25, 0.3) is 0 Å². The summed E-state index contributed by atoms with van der Waals surface area (Å²) in [5, 5.41) is 15.8. The first-order valence-electron chi connectivity index (χ1n) is 7.75. The molecule has 0 aliphatic heterocycles. The molecule has 1 aromatic rings. The quantitative estimate of drug-likeness (QED) is 0.520. The number of hydrogen-bond acceptors (Lipinski definition) is 6. The van der Waals surface area contributed by atoms with Gasteiger partial charge in [-0.2, -0.15) is 4.98 Å². The normalized spacial score (nSPS) is 16.4. The second-order valence-electron chi connectivity index (χ2n) is 6.58. The third-order valence-corrected chi connectivity index (χ3v) is 3.86. The fourth-order valence-corrected chi connectivity index (χ4v) is 2.18. The van der Waals surface area contributed by atoms with E-state index in [9.17, 15) is 9.50 Å².